The minimum absolute atomic E-state index is 0.00459. The molecule has 0 bridgehead atoms. The standard InChI is InChI=1S/C40H47N3O6S/c41-35-10-6-7-11-36(35)43-39(47)13-3-1-2-12-38(46)42-25-32-8-4-5-9-34(32)29-18-20-31(21-19-29)40-48-33(27-50-23-22-44)24-37(49-40)30-16-14-28(26-45)15-17-30/h4-11,14-21,33,37,40,44-45H,1-3,12-13,22-27,41H2,(H,42,46)(H,43,47). The van der Waals surface area contributed by atoms with Crippen LogP contribution in [0, 0.1) is 0 Å². The average molecular weight is 698 g/mol. The summed E-state index contributed by atoms with van der Waals surface area (Å²) in [6, 6.07) is 31.2. The van der Waals surface area contributed by atoms with Gasteiger partial charge in [-0.25, -0.2) is 0 Å². The number of aliphatic hydroxyl groups is 2. The zero-order chi connectivity index (χ0) is 35.1. The Morgan fingerprint density at radius 2 is 1.50 bits per heavy atom. The topological polar surface area (TPSA) is 143 Å². The van der Waals surface area contributed by atoms with Crippen LogP contribution in [0.5, 0.6) is 0 Å². The lowest BCUT2D eigenvalue weighted by Gasteiger charge is -2.36. The summed E-state index contributed by atoms with van der Waals surface area (Å²) in [5.41, 5.74) is 12.9. The van der Waals surface area contributed by atoms with Crippen LogP contribution in [0.2, 0.25) is 0 Å². The van der Waals surface area contributed by atoms with Crippen LogP contribution in [0.1, 0.15) is 73.2 Å². The van der Waals surface area contributed by atoms with Crippen LogP contribution in [0.4, 0.5) is 11.4 Å². The van der Waals surface area contributed by atoms with Crippen LogP contribution in [0.15, 0.2) is 97.1 Å². The van der Waals surface area contributed by atoms with Crippen molar-refractivity contribution in [1.29, 1.82) is 0 Å². The molecule has 0 spiro atoms. The van der Waals surface area contributed by atoms with E-state index in [1.807, 2.05) is 66.7 Å². The van der Waals surface area contributed by atoms with E-state index in [2.05, 4.69) is 28.8 Å². The fourth-order valence-corrected chi connectivity index (χ4v) is 6.70. The molecule has 264 valence electrons. The first-order valence-corrected chi connectivity index (χ1v) is 18.4. The number of unbranched alkanes of at least 4 members (excludes halogenated alkanes) is 2. The van der Waals surface area contributed by atoms with Gasteiger partial charge in [-0.05, 0) is 52.8 Å². The monoisotopic (exact) mass is 697 g/mol. The first-order chi connectivity index (χ1) is 24.4. The van der Waals surface area contributed by atoms with Crippen LogP contribution >= 0.6 is 11.8 Å². The predicted octanol–water partition coefficient (Wildman–Crippen LogP) is 6.90. The van der Waals surface area contributed by atoms with E-state index in [0.29, 0.717) is 55.8 Å². The molecule has 50 heavy (non-hydrogen) atoms. The predicted molar refractivity (Wildman–Crippen MR) is 199 cm³/mol. The van der Waals surface area contributed by atoms with Crippen LogP contribution in [-0.4, -0.2) is 46.2 Å². The summed E-state index contributed by atoms with van der Waals surface area (Å²) in [6.45, 7) is 0.537. The number of benzene rings is 4. The van der Waals surface area contributed by atoms with E-state index in [-0.39, 0.29) is 37.2 Å². The number of nitrogens with two attached hydrogens (primary N) is 1. The van der Waals surface area contributed by atoms with Crippen molar-refractivity contribution in [2.75, 3.05) is 29.2 Å². The normalized spacial score (nSPS) is 17.3. The molecule has 0 saturated carbocycles. The lowest BCUT2D eigenvalue weighted by Crippen LogP contribution is -2.31. The first kappa shape index (κ1) is 37.1. The Labute approximate surface area is 298 Å². The van der Waals surface area contributed by atoms with Crippen LogP contribution in [-0.2, 0) is 32.2 Å². The summed E-state index contributed by atoms with van der Waals surface area (Å²) >= 11 is 1.66. The van der Waals surface area contributed by atoms with Crippen molar-refractivity contribution in [3.05, 3.63) is 119 Å². The van der Waals surface area contributed by atoms with Crippen molar-refractivity contribution in [3.8, 4) is 11.1 Å². The number of hydrogen-bond acceptors (Lipinski definition) is 8. The Hall–Kier alpha value is -4.19. The van der Waals surface area contributed by atoms with Gasteiger partial charge in [0.1, 0.15) is 0 Å². The van der Waals surface area contributed by atoms with Gasteiger partial charge >= 0.3 is 0 Å². The second kappa shape index (κ2) is 19.3. The molecule has 1 fully saturated rings. The van der Waals surface area contributed by atoms with E-state index in [4.69, 9.17) is 15.2 Å². The summed E-state index contributed by atoms with van der Waals surface area (Å²) in [5, 5.41) is 24.6. The maximum absolute atomic E-state index is 12.7. The number of para-hydroxylation sites is 2. The van der Waals surface area contributed by atoms with E-state index >= 15 is 0 Å². The lowest BCUT2D eigenvalue weighted by molar-refractivity contribution is -0.245. The van der Waals surface area contributed by atoms with Crippen molar-refractivity contribution in [2.24, 2.45) is 0 Å². The summed E-state index contributed by atoms with van der Waals surface area (Å²) in [6.07, 6.45) is 2.91. The van der Waals surface area contributed by atoms with Crippen LogP contribution < -0.4 is 16.4 Å². The molecule has 9 nitrogen and oxygen atoms in total. The number of anilines is 2. The maximum Gasteiger partial charge on any atom is 0.224 e. The van der Waals surface area contributed by atoms with Gasteiger partial charge in [-0.1, -0.05) is 91.3 Å². The minimum Gasteiger partial charge on any atom is -0.397 e. The van der Waals surface area contributed by atoms with Crippen molar-refractivity contribution >= 4 is 35.0 Å². The fourth-order valence-electron chi connectivity index (χ4n) is 5.93. The van der Waals surface area contributed by atoms with Crippen molar-refractivity contribution in [1.82, 2.24) is 5.32 Å². The van der Waals surface area contributed by atoms with Gasteiger partial charge in [0, 0.05) is 42.9 Å². The molecule has 1 aliphatic heterocycles. The van der Waals surface area contributed by atoms with Crippen molar-refractivity contribution < 1.29 is 29.3 Å². The smallest absolute Gasteiger partial charge is 0.224 e. The van der Waals surface area contributed by atoms with Gasteiger partial charge in [-0.15, -0.1) is 0 Å². The molecule has 10 heteroatoms. The largest absolute Gasteiger partial charge is 0.397 e. The fraction of sp³-hybridized carbons (Fsp3) is 0.350. The summed E-state index contributed by atoms with van der Waals surface area (Å²) in [5.74, 6) is 1.31. The highest BCUT2D eigenvalue weighted by atomic mass is 32.2. The number of amides is 2. The molecule has 4 aromatic carbocycles. The molecular weight excluding hydrogens is 651 g/mol. The lowest BCUT2D eigenvalue weighted by atomic mass is 9.97. The molecule has 2 amide bonds. The third kappa shape index (κ3) is 10.9. The molecular formula is C40H47N3O6S. The molecule has 0 aromatic heterocycles. The number of aliphatic hydroxyl groups excluding tert-OH is 2. The van der Waals surface area contributed by atoms with Crippen LogP contribution in [0.3, 0.4) is 0 Å². The third-order valence-electron chi connectivity index (χ3n) is 8.68. The Morgan fingerprint density at radius 1 is 0.800 bits per heavy atom. The van der Waals surface area contributed by atoms with Gasteiger partial charge in [-0.2, -0.15) is 11.8 Å². The highest BCUT2D eigenvalue weighted by Crippen LogP contribution is 2.39. The molecule has 4 aromatic rings. The van der Waals surface area contributed by atoms with Gasteiger partial charge < -0.3 is 36.1 Å². The molecule has 1 heterocycles. The number of ether oxygens (including phenoxy) is 2. The molecule has 6 N–H and O–H groups in total. The highest BCUT2D eigenvalue weighted by molar-refractivity contribution is 7.99. The average Bonchev–Trinajstić information content (AvgIpc) is 3.15. The zero-order valence-electron chi connectivity index (χ0n) is 28.3. The Bertz CT molecular complexity index is 1670. The third-order valence-corrected chi connectivity index (χ3v) is 9.76. The number of thioether (sulfide) groups is 1. The van der Waals surface area contributed by atoms with Gasteiger partial charge in [0.25, 0.3) is 0 Å². The van der Waals surface area contributed by atoms with Gasteiger partial charge in [0.15, 0.2) is 6.29 Å². The van der Waals surface area contributed by atoms with E-state index in [1.54, 1.807) is 23.9 Å². The molecule has 3 atom stereocenters. The second-order valence-corrected chi connectivity index (χ2v) is 13.6. The van der Waals surface area contributed by atoms with E-state index in [0.717, 1.165) is 45.6 Å². The van der Waals surface area contributed by atoms with E-state index < -0.39 is 6.29 Å². The molecule has 1 saturated heterocycles. The first-order valence-electron chi connectivity index (χ1n) is 17.2. The molecule has 3 unspecified atom stereocenters. The highest BCUT2D eigenvalue weighted by Gasteiger charge is 2.32. The number of carbonyl (C=O) groups excluding carboxylic acids is 2. The van der Waals surface area contributed by atoms with Gasteiger partial charge in [0.05, 0.1) is 36.8 Å². The molecule has 0 aliphatic carbocycles. The van der Waals surface area contributed by atoms with Gasteiger partial charge in [-0.3, -0.25) is 9.59 Å². The number of hydrogen-bond donors (Lipinski definition) is 5. The number of carbonyl (C=O) groups is 2. The molecule has 1 aliphatic rings. The Kier molecular flexibility index (Phi) is 14.3. The number of rotatable bonds is 17. The van der Waals surface area contributed by atoms with E-state index in [1.165, 1.54) is 0 Å². The Morgan fingerprint density at radius 3 is 2.24 bits per heavy atom. The SMILES string of the molecule is Nc1ccccc1NC(=O)CCCCCC(=O)NCc1ccccc1-c1ccc(C2OC(CSCCO)CC(c3ccc(CO)cc3)O2)cc1. The zero-order valence-corrected chi connectivity index (χ0v) is 29.1. The summed E-state index contributed by atoms with van der Waals surface area (Å²) < 4.78 is 12.9. The van der Waals surface area contributed by atoms with Gasteiger partial charge in [0.2, 0.25) is 11.8 Å². The van der Waals surface area contributed by atoms with Crippen LogP contribution in [0.25, 0.3) is 11.1 Å². The second-order valence-electron chi connectivity index (χ2n) is 12.4. The quantitative estimate of drug-likeness (QED) is 0.0592. The minimum atomic E-state index is -0.549. The summed E-state index contributed by atoms with van der Waals surface area (Å²) in [4.78, 5) is 24.9. The Balaban J connectivity index is 1.13. The number of nitrogen functional groups attached to an aromatic ring is 1. The maximum atomic E-state index is 12.7. The molecule has 5 rings (SSSR count). The van der Waals surface area contributed by atoms with Crippen molar-refractivity contribution in [3.63, 3.8) is 0 Å². The van der Waals surface area contributed by atoms with Crippen molar-refractivity contribution in [2.45, 2.75) is 70.2 Å². The number of nitrogens with one attached hydrogen (secondary N) is 2. The molecule has 0 radical (unpaired) electrons. The summed E-state index contributed by atoms with van der Waals surface area (Å²) in [7, 11) is 0. The van der Waals surface area contributed by atoms with E-state index in [9.17, 15) is 19.8 Å².